The molecule has 0 aliphatic carbocycles. The Morgan fingerprint density at radius 1 is 1.19 bits per heavy atom. The number of benzene rings is 2. The number of aryl methyl sites for hydroxylation is 2. The molecule has 0 fully saturated rings. The molecule has 4 rings (SSSR count). The zero-order valence-electron chi connectivity index (χ0n) is 20.6. The number of fused-ring (bicyclic) bond motifs is 1. The van der Waals surface area contributed by atoms with E-state index in [0.29, 0.717) is 27.8 Å². The lowest BCUT2D eigenvalue weighted by Crippen LogP contribution is -2.31. The summed E-state index contributed by atoms with van der Waals surface area (Å²) >= 11 is 0. The Bertz CT molecular complexity index is 1730. The minimum atomic E-state index is -4.04. The fraction of sp³-hybridized carbons (Fsp3) is 0.240. The smallest absolute Gasteiger partial charge is 0.269 e. The lowest BCUT2D eigenvalue weighted by Gasteiger charge is -2.20. The molecule has 2 aromatic heterocycles. The van der Waals surface area contributed by atoms with Crippen LogP contribution in [0.1, 0.15) is 40.0 Å². The Labute approximate surface area is 211 Å². The number of aromatic nitrogens is 2. The summed E-state index contributed by atoms with van der Waals surface area (Å²) in [5.41, 5.74) is 1.34. The van der Waals surface area contributed by atoms with Gasteiger partial charge in [-0.1, -0.05) is 6.07 Å². The van der Waals surface area contributed by atoms with E-state index >= 15 is 0 Å². The molecule has 0 spiro atoms. The van der Waals surface area contributed by atoms with Crippen LogP contribution >= 0.6 is 0 Å². The summed E-state index contributed by atoms with van der Waals surface area (Å²) < 4.78 is 61.2. The van der Waals surface area contributed by atoms with Gasteiger partial charge in [0.25, 0.3) is 5.91 Å². The van der Waals surface area contributed by atoms with Crippen LogP contribution in [0.25, 0.3) is 22.3 Å². The van der Waals surface area contributed by atoms with Crippen molar-refractivity contribution >= 4 is 32.6 Å². The number of hydrogen-bond donors (Lipinski definition) is 2. The first-order valence-corrected chi connectivity index (χ1v) is 13.0. The Kier molecular flexibility index (Phi) is 6.63. The van der Waals surface area contributed by atoms with Gasteiger partial charge in [-0.2, -0.15) is 5.10 Å². The van der Waals surface area contributed by atoms with E-state index in [1.165, 1.54) is 0 Å². The highest BCUT2D eigenvalue weighted by Gasteiger charge is 2.25. The number of amides is 1. The number of carbonyl (C=O) groups excluding carboxylic acids is 1. The van der Waals surface area contributed by atoms with Gasteiger partial charge in [-0.3, -0.25) is 14.3 Å². The third-order valence-electron chi connectivity index (χ3n) is 5.80. The van der Waals surface area contributed by atoms with E-state index in [1.807, 2.05) is 0 Å². The van der Waals surface area contributed by atoms with Crippen LogP contribution in [0.15, 0.2) is 45.9 Å². The zero-order chi connectivity index (χ0) is 27.2. The van der Waals surface area contributed by atoms with Gasteiger partial charge >= 0.3 is 0 Å². The highest BCUT2D eigenvalue weighted by molar-refractivity contribution is 7.89. The topological polar surface area (TPSA) is 123 Å². The average molecular weight is 531 g/mol. The van der Waals surface area contributed by atoms with Crippen LogP contribution in [0.5, 0.6) is 0 Å². The average Bonchev–Trinajstić information content (AvgIpc) is 3.23. The van der Waals surface area contributed by atoms with Crippen LogP contribution in [0.4, 0.5) is 14.5 Å². The van der Waals surface area contributed by atoms with Crippen LogP contribution in [0, 0.1) is 25.5 Å². The Balaban J connectivity index is 1.86. The molecule has 0 aliphatic rings. The van der Waals surface area contributed by atoms with Crippen LogP contribution in [-0.4, -0.2) is 30.4 Å². The standard InChI is InChI=1S/C25H24F2N4O5S/c1-12-8-16(24-17(9-12)22(32)13(2)23(36-24)15-10-28-31(4)11-15)14(3)29-19-7-6-18(26)21(27)20(19)25(33)30-37(5,34)35/h6-11,14,29H,1-5H3,(H,30,33)/t14-/m1/s1. The third-order valence-corrected chi connectivity index (χ3v) is 6.35. The molecule has 37 heavy (non-hydrogen) atoms. The maximum Gasteiger partial charge on any atom is 0.269 e. The highest BCUT2D eigenvalue weighted by atomic mass is 32.2. The molecule has 0 radical (unpaired) electrons. The Morgan fingerprint density at radius 3 is 2.51 bits per heavy atom. The molecule has 194 valence electrons. The first-order valence-electron chi connectivity index (χ1n) is 11.1. The normalized spacial score (nSPS) is 12.5. The predicted molar refractivity (Wildman–Crippen MR) is 135 cm³/mol. The maximum atomic E-state index is 14.7. The van der Waals surface area contributed by atoms with Crippen LogP contribution in [0.2, 0.25) is 0 Å². The van der Waals surface area contributed by atoms with Crippen molar-refractivity contribution in [1.29, 1.82) is 0 Å². The monoisotopic (exact) mass is 530 g/mol. The number of anilines is 1. The van der Waals surface area contributed by atoms with Crippen molar-refractivity contribution in [1.82, 2.24) is 14.5 Å². The van der Waals surface area contributed by atoms with E-state index in [9.17, 15) is 26.8 Å². The molecule has 0 unspecified atom stereocenters. The Hall–Kier alpha value is -4.06. The van der Waals surface area contributed by atoms with Crippen LogP contribution in [0.3, 0.4) is 0 Å². The first-order chi connectivity index (χ1) is 17.3. The van der Waals surface area contributed by atoms with Gasteiger partial charge in [-0.25, -0.2) is 21.9 Å². The number of sulfonamides is 1. The van der Waals surface area contributed by atoms with E-state index < -0.39 is 39.2 Å². The molecule has 0 saturated heterocycles. The largest absolute Gasteiger partial charge is 0.455 e. The van der Waals surface area contributed by atoms with Gasteiger partial charge in [0, 0.05) is 24.4 Å². The SMILES string of the molecule is Cc1cc([C@@H](C)Nc2ccc(F)c(F)c2C(=O)NS(C)(=O)=O)c2oc(-c3cnn(C)c3)c(C)c(=O)c2c1. The van der Waals surface area contributed by atoms with Gasteiger partial charge in [0.2, 0.25) is 10.0 Å². The van der Waals surface area contributed by atoms with Gasteiger partial charge in [-0.15, -0.1) is 0 Å². The molecule has 2 aromatic carbocycles. The molecule has 0 bridgehead atoms. The predicted octanol–water partition coefficient (Wildman–Crippen LogP) is 3.95. The second-order valence-electron chi connectivity index (χ2n) is 8.87. The van der Waals surface area contributed by atoms with Crippen LogP contribution < -0.4 is 15.5 Å². The van der Waals surface area contributed by atoms with Crippen molar-refractivity contribution in [2.75, 3.05) is 11.6 Å². The number of rotatable bonds is 6. The molecule has 1 atom stereocenters. The summed E-state index contributed by atoms with van der Waals surface area (Å²) in [6.07, 6.45) is 4.00. The fourth-order valence-electron chi connectivity index (χ4n) is 4.13. The number of halogens is 2. The van der Waals surface area contributed by atoms with Crippen LogP contribution in [-0.2, 0) is 17.1 Å². The summed E-state index contributed by atoms with van der Waals surface area (Å²) in [4.78, 5) is 25.8. The number of carbonyl (C=O) groups is 1. The lowest BCUT2D eigenvalue weighted by molar-refractivity contribution is 0.0977. The maximum absolute atomic E-state index is 14.7. The zero-order valence-corrected chi connectivity index (χ0v) is 21.5. The van der Waals surface area contributed by atoms with Crippen molar-refractivity contribution in [3.05, 3.63) is 80.8 Å². The summed E-state index contributed by atoms with van der Waals surface area (Å²) in [7, 11) is -2.31. The van der Waals surface area contributed by atoms with Crippen molar-refractivity contribution in [3.8, 4) is 11.3 Å². The number of nitrogens with one attached hydrogen (secondary N) is 2. The molecular weight excluding hydrogens is 506 g/mol. The Morgan fingerprint density at radius 2 is 1.89 bits per heavy atom. The van der Waals surface area contributed by atoms with Gasteiger partial charge in [0.1, 0.15) is 16.9 Å². The van der Waals surface area contributed by atoms with Gasteiger partial charge in [0.15, 0.2) is 17.1 Å². The molecule has 9 nitrogen and oxygen atoms in total. The van der Waals surface area contributed by atoms with Crippen molar-refractivity contribution < 1.29 is 26.4 Å². The summed E-state index contributed by atoms with van der Waals surface area (Å²) in [5, 5.41) is 7.40. The minimum absolute atomic E-state index is 0.149. The van der Waals surface area contributed by atoms with Gasteiger partial charge < -0.3 is 9.73 Å². The van der Waals surface area contributed by atoms with Gasteiger partial charge in [-0.05, 0) is 44.5 Å². The van der Waals surface area contributed by atoms with E-state index in [1.54, 1.807) is 61.7 Å². The quantitative estimate of drug-likeness (QED) is 0.387. The highest BCUT2D eigenvalue weighted by Crippen LogP contribution is 2.33. The molecular formula is C25H24F2N4O5S. The van der Waals surface area contributed by atoms with Gasteiger partial charge in [0.05, 0.1) is 35.1 Å². The van der Waals surface area contributed by atoms with E-state index in [2.05, 4.69) is 10.4 Å². The number of hydrogen-bond acceptors (Lipinski definition) is 7. The summed E-state index contributed by atoms with van der Waals surface area (Å²) in [6, 6.07) is 4.72. The molecule has 1 amide bonds. The summed E-state index contributed by atoms with van der Waals surface area (Å²) in [6.45, 7) is 5.13. The minimum Gasteiger partial charge on any atom is -0.455 e. The first kappa shape index (κ1) is 26.0. The second-order valence-corrected chi connectivity index (χ2v) is 10.6. The van der Waals surface area contributed by atoms with Crippen molar-refractivity contribution in [2.24, 2.45) is 7.05 Å². The molecule has 12 heteroatoms. The molecule has 2 heterocycles. The third kappa shape index (κ3) is 5.10. The van der Waals surface area contributed by atoms with E-state index in [4.69, 9.17) is 4.42 Å². The molecule has 4 aromatic rings. The molecule has 2 N–H and O–H groups in total. The molecule has 0 aliphatic heterocycles. The van der Waals surface area contributed by atoms with E-state index in [-0.39, 0.29) is 16.7 Å². The fourth-order valence-corrected chi connectivity index (χ4v) is 4.57. The second kappa shape index (κ2) is 9.43. The number of nitrogens with zero attached hydrogens (tertiary/aromatic N) is 2. The van der Waals surface area contributed by atoms with E-state index in [0.717, 1.165) is 24.0 Å². The molecule has 0 saturated carbocycles. The van der Waals surface area contributed by atoms with Crippen molar-refractivity contribution in [3.63, 3.8) is 0 Å². The summed E-state index contributed by atoms with van der Waals surface area (Å²) in [5.74, 6) is -3.82. The van der Waals surface area contributed by atoms with Crippen molar-refractivity contribution in [2.45, 2.75) is 26.8 Å². The lowest BCUT2D eigenvalue weighted by atomic mass is 9.99.